The van der Waals surface area contributed by atoms with E-state index in [2.05, 4.69) is 10.6 Å². The first-order chi connectivity index (χ1) is 7.92. The summed E-state index contributed by atoms with van der Waals surface area (Å²) in [6.45, 7) is 6.32. The molecule has 5 nitrogen and oxygen atoms in total. The summed E-state index contributed by atoms with van der Waals surface area (Å²) >= 11 is 0. The summed E-state index contributed by atoms with van der Waals surface area (Å²) in [6.07, 6.45) is 3.34. The van der Waals surface area contributed by atoms with Crippen molar-refractivity contribution < 1.29 is 14.1 Å². The van der Waals surface area contributed by atoms with Crippen LogP contribution in [0.2, 0.25) is 0 Å². The van der Waals surface area contributed by atoms with Gasteiger partial charge in [0.2, 0.25) is 0 Å². The molecule has 2 N–H and O–H groups in total. The molecule has 0 saturated heterocycles. The normalized spacial score (nSPS) is 11.1. The van der Waals surface area contributed by atoms with Gasteiger partial charge in [0.05, 0.1) is 6.20 Å². The third-order valence-electron chi connectivity index (χ3n) is 1.85. The molecule has 0 radical (unpaired) electrons. The Morgan fingerprint density at radius 3 is 2.76 bits per heavy atom. The number of ether oxygens (including phenoxy) is 1. The van der Waals surface area contributed by atoms with E-state index in [1.807, 2.05) is 26.8 Å². The fourth-order valence-electron chi connectivity index (χ4n) is 1.25. The number of hydrogen-bond acceptors (Lipinski definition) is 3. The molecule has 0 unspecified atom stereocenters. The molecule has 0 aliphatic rings. The second-order valence-corrected chi connectivity index (χ2v) is 4.67. The molecule has 17 heavy (non-hydrogen) atoms. The Balaban J connectivity index is 2.75. The van der Waals surface area contributed by atoms with Crippen LogP contribution in [-0.2, 0) is 0 Å². The van der Waals surface area contributed by atoms with Gasteiger partial charge in [-0.1, -0.05) is 0 Å². The monoisotopic (exact) mass is 238 g/mol. The predicted octanol–water partition coefficient (Wildman–Crippen LogP) is 0.886. The van der Waals surface area contributed by atoms with E-state index in [0.717, 1.165) is 0 Å². The molecule has 1 aromatic heterocycles. The van der Waals surface area contributed by atoms with Gasteiger partial charge in [0.25, 0.3) is 0 Å². The first kappa shape index (κ1) is 13.4. The second-order valence-electron chi connectivity index (χ2n) is 4.67. The summed E-state index contributed by atoms with van der Waals surface area (Å²) in [5, 5.41) is 5.54. The van der Waals surface area contributed by atoms with Crippen LogP contribution in [0, 0.1) is 0 Å². The zero-order valence-corrected chi connectivity index (χ0v) is 10.8. The number of nitrogens with zero attached hydrogens (tertiary/aromatic N) is 1. The van der Waals surface area contributed by atoms with Crippen molar-refractivity contribution in [2.45, 2.75) is 26.4 Å². The van der Waals surface area contributed by atoms with E-state index in [1.165, 1.54) is 4.57 Å². The van der Waals surface area contributed by atoms with Crippen LogP contribution in [0.25, 0.3) is 0 Å². The van der Waals surface area contributed by atoms with Crippen LogP contribution in [0.15, 0.2) is 24.5 Å². The number of nitrogens with one attached hydrogen (secondary N) is 2. The zero-order chi connectivity index (χ0) is 12.9. The Kier molecular flexibility index (Phi) is 4.45. The van der Waals surface area contributed by atoms with Crippen molar-refractivity contribution in [1.82, 2.24) is 10.6 Å². The molecular formula is C12H20N3O2+. The molecule has 1 heterocycles. The quantitative estimate of drug-likeness (QED) is 0.607. The predicted molar refractivity (Wildman–Crippen MR) is 64.9 cm³/mol. The highest BCUT2D eigenvalue weighted by molar-refractivity contribution is 5.64. The molecule has 94 valence electrons. The highest BCUT2D eigenvalue weighted by Gasteiger charge is 2.16. The van der Waals surface area contributed by atoms with Gasteiger partial charge < -0.3 is 4.74 Å². The number of hydrogen-bond donors (Lipinski definition) is 2. The van der Waals surface area contributed by atoms with Crippen molar-refractivity contribution in [3.63, 3.8) is 0 Å². The van der Waals surface area contributed by atoms with Gasteiger partial charge in [-0.25, -0.2) is 5.32 Å². The molecule has 0 fully saturated rings. The highest BCUT2D eigenvalue weighted by Crippen LogP contribution is 2.14. The summed E-state index contributed by atoms with van der Waals surface area (Å²) in [5.41, 5.74) is -0.277. The topological polar surface area (TPSA) is 54.2 Å². The molecule has 0 aliphatic carbocycles. The molecule has 1 amide bonds. The van der Waals surface area contributed by atoms with E-state index < -0.39 is 0 Å². The molecule has 0 bridgehead atoms. The van der Waals surface area contributed by atoms with Crippen molar-refractivity contribution in [2.24, 2.45) is 0 Å². The summed E-state index contributed by atoms with van der Waals surface area (Å²) in [4.78, 5) is 11.7. The van der Waals surface area contributed by atoms with Gasteiger partial charge in [-0.3, -0.25) is 5.32 Å². The fourth-order valence-corrected chi connectivity index (χ4v) is 1.25. The second kappa shape index (κ2) is 5.63. The third kappa shape index (κ3) is 4.82. The van der Waals surface area contributed by atoms with Crippen LogP contribution >= 0.6 is 0 Å². The van der Waals surface area contributed by atoms with Crippen LogP contribution < -0.4 is 19.9 Å². The van der Waals surface area contributed by atoms with Crippen molar-refractivity contribution in [3.8, 4) is 5.75 Å². The van der Waals surface area contributed by atoms with Crippen LogP contribution in [0.1, 0.15) is 20.8 Å². The summed E-state index contributed by atoms with van der Waals surface area (Å²) in [7, 11) is 1.77. The molecular weight excluding hydrogens is 218 g/mol. The van der Waals surface area contributed by atoms with E-state index in [-0.39, 0.29) is 11.6 Å². The minimum atomic E-state index is -0.277. The highest BCUT2D eigenvalue weighted by atomic mass is 16.5. The molecule has 5 heteroatoms. The first-order valence-electron chi connectivity index (χ1n) is 5.55. The number of pyridine rings is 1. The smallest absolute Gasteiger partial charge is 0.484 e. The molecule has 0 aromatic carbocycles. The molecule has 0 atom stereocenters. The lowest BCUT2D eigenvalue weighted by atomic mass is 10.2. The minimum Gasteiger partial charge on any atom is -0.484 e. The SMILES string of the molecule is CNCNC(=O)[n+]1cccc(OC(C)(C)C)c1. The standard InChI is InChI=1S/C12H19N3O2/c1-12(2,3)17-10-6-5-7-15(8-10)11(16)14-9-13-4/h5-8,13H,9H2,1-4H3/p+1. The fraction of sp³-hybridized carbons (Fsp3) is 0.500. The summed E-state index contributed by atoms with van der Waals surface area (Å²) < 4.78 is 7.14. The van der Waals surface area contributed by atoms with E-state index in [0.29, 0.717) is 12.4 Å². The van der Waals surface area contributed by atoms with Crippen LogP contribution in [0.3, 0.4) is 0 Å². The maximum Gasteiger partial charge on any atom is 0.496 e. The third-order valence-corrected chi connectivity index (χ3v) is 1.85. The minimum absolute atomic E-state index is 0.196. The Hall–Kier alpha value is -1.62. The van der Waals surface area contributed by atoms with Crippen molar-refractivity contribution in [1.29, 1.82) is 0 Å². The summed E-state index contributed by atoms with van der Waals surface area (Å²) in [5.74, 6) is 0.666. The Bertz CT molecular complexity index is 386. The Labute approximate surface area is 102 Å². The lowest BCUT2D eigenvalue weighted by Gasteiger charge is -2.20. The van der Waals surface area contributed by atoms with Gasteiger partial charge >= 0.3 is 6.03 Å². The van der Waals surface area contributed by atoms with Gasteiger partial charge in [0, 0.05) is 0 Å². The summed E-state index contributed by atoms with van der Waals surface area (Å²) in [6, 6.07) is 3.41. The van der Waals surface area contributed by atoms with Crippen LogP contribution in [-0.4, -0.2) is 25.3 Å². The average Bonchev–Trinajstić information content (AvgIpc) is 2.24. The van der Waals surface area contributed by atoms with Crippen LogP contribution in [0.4, 0.5) is 4.79 Å². The molecule has 0 saturated carbocycles. The van der Waals surface area contributed by atoms with Gasteiger partial charge in [-0.15, -0.1) is 0 Å². The number of amides is 1. The van der Waals surface area contributed by atoms with E-state index in [4.69, 9.17) is 4.74 Å². The van der Waals surface area contributed by atoms with E-state index >= 15 is 0 Å². The number of carbonyl (C=O) groups excluding carboxylic acids is 1. The maximum absolute atomic E-state index is 11.7. The van der Waals surface area contributed by atoms with Gasteiger partial charge in [0.1, 0.15) is 18.5 Å². The van der Waals surface area contributed by atoms with Gasteiger partial charge in [-0.2, -0.15) is 9.36 Å². The Morgan fingerprint density at radius 2 is 2.18 bits per heavy atom. The molecule has 1 rings (SSSR count). The van der Waals surface area contributed by atoms with Gasteiger partial charge in [0.15, 0.2) is 5.75 Å². The van der Waals surface area contributed by atoms with Crippen molar-refractivity contribution in [2.75, 3.05) is 13.7 Å². The number of aromatic nitrogens is 1. The first-order valence-corrected chi connectivity index (χ1v) is 5.55. The number of rotatable bonds is 3. The van der Waals surface area contributed by atoms with E-state index in [1.54, 1.807) is 25.5 Å². The van der Waals surface area contributed by atoms with Crippen molar-refractivity contribution >= 4 is 6.03 Å². The van der Waals surface area contributed by atoms with Crippen molar-refractivity contribution in [3.05, 3.63) is 24.5 Å². The molecule has 0 spiro atoms. The average molecular weight is 238 g/mol. The number of carbonyl (C=O) groups is 1. The molecule has 0 aliphatic heterocycles. The Morgan fingerprint density at radius 1 is 1.47 bits per heavy atom. The van der Waals surface area contributed by atoms with E-state index in [9.17, 15) is 4.79 Å². The zero-order valence-electron chi connectivity index (χ0n) is 10.8. The molecule has 1 aromatic rings. The maximum atomic E-state index is 11.7. The van der Waals surface area contributed by atoms with Crippen LogP contribution in [0.5, 0.6) is 5.75 Å². The lowest BCUT2D eigenvalue weighted by Crippen LogP contribution is -2.51. The largest absolute Gasteiger partial charge is 0.496 e. The lowest BCUT2D eigenvalue weighted by molar-refractivity contribution is -0.572. The van der Waals surface area contributed by atoms with Gasteiger partial charge in [-0.05, 0) is 40.0 Å².